The number of aromatic nitrogens is 3. The molecule has 2 rings (SSSR count). The molecule has 0 amide bonds. The highest BCUT2D eigenvalue weighted by atomic mass is 15.4. The Balaban J connectivity index is 2.05. The van der Waals surface area contributed by atoms with Gasteiger partial charge in [-0.1, -0.05) is 37.6 Å². The van der Waals surface area contributed by atoms with Crippen molar-refractivity contribution in [3.63, 3.8) is 0 Å². The molecule has 0 aliphatic carbocycles. The lowest BCUT2D eigenvalue weighted by molar-refractivity contribution is 0.641. The van der Waals surface area contributed by atoms with Crippen LogP contribution in [0.3, 0.4) is 0 Å². The van der Waals surface area contributed by atoms with E-state index >= 15 is 0 Å². The van der Waals surface area contributed by atoms with Crippen LogP contribution in [0.5, 0.6) is 0 Å². The van der Waals surface area contributed by atoms with E-state index in [1.54, 1.807) is 0 Å². The van der Waals surface area contributed by atoms with E-state index in [2.05, 4.69) is 53.7 Å². The number of rotatable bonds is 8. The number of nitrogens with zero attached hydrogens (tertiary/aromatic N) is 3. The first kappa shape index (κ1) is 14.7. The van der Waals surface area contributed by atoms with E-state index in [1.807, 2.05) is 10.9 Å². The first-order chi connectivity index (χ1) is 9.85. The first-order valence-electron chi connectivity index (χ1n) is 7.54. The van der Waals surface area contributed by atoms with Crippen LogP contribution in [0, 0.1) is 0 Å². The Hall–Kier alpha value is -1.68. The van der Waals surface area contributed by atoms with Crippen LogP contribution in [0.2, 0.25) is 0 Å². The number of hydrogen-bond acceptors (Lipinski definition) is 3. The van der Waals surface area contributed by atoms with Crippen LogP contribution in [-0.2, 0) is 13.0 Å². The second-order valence-corrected chi connectivity index (χ2v) is 5.08. The van der Waals surface area contributed by atoms with Crippen molar-refractivity contribution in [2.24, 2.45) is 0 Å². The third-order valence-electron chi connectivity index (χ3n) is 3.35. The number of aryl methyl sites for hydroxylation is 1. The van der Waals surface area contributed by atoms with Gasteiger partial charge in [0.1, 0.15) is 0 Å². The van der Waals surface area contributed by atoms with Crippen molar-refractivity contribution in [3.8, 4) is 5.69 Å². The fraction of sp³-hybridized carbons (Fsp3) is 0.500. The topological polar surface area (TPSA) is 42.7 Å². The molecule has 2 aromatic rings. The van der Waals surface area contributed by atoms with E-state index in [-0.39, 0.29) is 0 Å². The zero-order chi connectivity index (χ0) is 14.2. The molecule has 0 unspecified atom stereocenters. The molecule has 1 heterocycles. The van der Waals surface area contributed by atoms with Crippen molar-refractivity contribution < 1.29 is 0 Å². The first-order valence-corrected chi connectivity index (χ1v) is 7.54. The van der Waals surface area contributed by atoms with E-state index in [0.717, 1.165) is 37.3 Å². The van der Waals surface area contributed by atoms with Crippen molar-refractivity contribution in [1.82, 2.24) is 20.3 Å². The molecule has 0 saturated heterocycles. The second-order valence-electron chi connectivity index (χ2n) is 5.08. The Morgan fingerprint density at radius 3 is 2.60 bits per heavy atom. The molecule has 0 bridgehead atoms. The van der Waals surface area contributed by atoms with Gasteiger partial charge in [0.05, 0.1) is 17.6 Å². The monoisotopic (exact) mass is 272 g/mol. The number of benzene rings is 1. The minimum Gasteiger partial charge on any atom is -0.311 e. The molecule has 20 heavy (non-hydrogen) atoms. The third-order valence-corrected chi connectivity index (χ3v) is 3.35. The lowest BCUT2D eigenvalue weighted by Crippen LogP contribution is -2.16. The Morgan fingerprint density at radius 2 is 1.90 bits per heavy atom. The van der Waals surface area contributed by atoms with E-state index in [4.69, 9.17) is 0 Å². The summed E-state index contributed by atoms with van der Waals surface area (Å²) in [6.45, 7) is 6.20. The highest BCUT2D eigenvalue weighted by Crippen LogP contribution is 2.12. The molecule has 0 radical (unpaired) electrons. The molecule has 0 spiro atoms. The average Bonchev–Trinajstić information content (AvgIpc) is 2.94. The minimum absolute atomic E-state index is 0.804. The van der Waals surface area contributed by atoms with Crippen molar-refractivity contribution in [2.75, 3.05) is 6.54 Å². The molecule has 0 aliphatic rings. The molecular weight excluding hydrogens is 248 g/mol. The molecular formula is C16H24N4. The third kappa shape index (κ3) is 3.90. The summed E-state index contributed by atoms with van der Waals surface area (Å²) >= 11 is 0. The molecule has 0 aliphatic heterocycles. The van der Waals surface area contributed by atoms with Crippen LogP contribution in [0.4, 0.5) is 0 Å². The molecule has 108 valence electrons. The zero-order valence-corrected chi connectivity index (χ0v) is 12.5. The van der Waals surface area contributed by atoms with Gasteiger partial charge in [0, 0.05) is 6.54 Å². The summed E-state index contributed by atoms with van der Waals surface area (Å²) < 4.78 is 1.91. The van der Waals surface area contributed by atoms with Gasteiger partial charge in [0.25, 0.3) is 0 Å². The maximum absolute atomic E-state index is 4.18. The quantitative estimate of drug-likeness (QED) is 0.751. The predicted octanol–water partition coefficient (Wildman–Crippen LogP) is 3.11. The van der Waals surface area contributed by atoms with Crippen LogP contribution in [0.25, 0.3) is 5.69 Å². The van der Waals surface area contributed by atoms with Gasteiger partial charge in [0.2, 0.25) is 0 Å². The summed E-state index contributed by atoms with van der Waals surface area (Å²) in [4.78, 5) is 0. The molecule has 1 N–H and O–H groups in total. The maximum atomic E-state index is 4.18. The standard InChI is InChI=1S/C16H24N4/c1-3-5-6-14-7-9-15(10-8-14)20-16(13-18-19-20)12-17-11-4-2/h7-10,13,17H,3-6,11-12H2,1-2H3. The number of unbranched alkanes of at least 4 members (excludes halogenated alkanes) is 1. The van der Waals surface area contributed by atoms with Crippen molar-refractivity contribution in [1.29, 1.82) is 0 Å². The summed E-state index contributed by atoms with van der Waals surface area (Å²) in [6, 6.07) is 8.64. The summed E-state index contributed by atoms with van der Waals surface area (Å²) in [7, 11) is 0. The van der Waals surface area contributed by atoms with Gasteiger partial charge in [-0.05, 0) is 43.5 Å². The fourth-order valence-corrected chi connectivity index (χ4v) is 2.17. The number of hydrogen-bond donors (Lipinski definition) is 1. The van der Waals surface area contributed by atoms with Gasteiger partial charge in [0.15, 0.2) is 0 Å². The van der Waals surface area contributed by atoms with Crippen LogP contribution in [-0.4, -0.2) is 21.5 Å². The molecule has 4 heteroatoms. The molecule has 0 fully saturated rings. The van der Waals surface area contributed by atoms with Gasteiger partial charge in [-0.25, -0.2) is 4.68 Å². The van der Waals surface area contributed by atoms with Gasteiger partial charge in [-0.2, -0.15) is 0 Å². The minimum atomic E-state index is 0.804. The normalized spacial score (nSPS) is 10.9. The van der Waals surface area contributed by atoms with Crippen LogP contribution >= 0.6 is 0 Å². The van der Waals surface area contributed by atoms with Gasteiger partial charge in [-0.3, -0.25) is 0 Å². The summed E-state index contributed by atoms with van der Waals surface area (Å²) in [5.41, 5.74) is 3.57. The maximum Gasteiger partial charge on any atom is 0.0783 e. The second kappa shape index (κ2) is 7.80. The molecule has 0 atom stereocenters. The highest BCUT2D eigenvalue weighted by molar-refractivity contribution is 5.35. The molecule has 1 aromatic carbocycles. The Labute approximate surface area is 121 Å². The zero-order valence-electron chi connectivity index (χ0n) is 12.5. The lowest BCUT2D eigenvalue weighted by Gasteiger charge is -2.08. The van der Waals surface area contributed by atoms with E-state index in [0.29, 0.717) is 0 Å². The van der Waals surface area contributed by atoms with Crippen LogP contribution in [0.15, 0.2) is 30.5 Å². The van der Waals surface area contributed by atoms with Gasteiger partial charge < -0.3 is 5.32 Å². The smallest absolute Gasteiger partial charge is 0.0783 e. The van der Waals surface area contributed by atoms with Crippen molar-refractivity contribution in [3.05, 3.63) is 41.7 Å². The largest absolute Gasteiger partial charge is 0.311 e. The summed E-state index contributed by atoms with van der Waals surface area (Å²) in [6.07, 6.45) is 6.59. The Bertz CT molecular complexity index is 501. The van der Waals surface area contributed by atoms with Gasteiger partial charge in [-0.15, -0.1) is 5.10 Å². The summed E-state index contributed by atoms with van der Waals surface area (Å²) in [5.74, 6) is 0. The Kier molecular flexibility index (Phi) is 5.74. The van der Waals surface area contributed by atoms with Crippen molar-refractivity contribution >= 4 is 0 Å². The van der Waals surface area contributed by atoms with E-state index < -0.39 is 0 Å². The Morgan fingerprint density at radius 1 is 1.10 bits per heavy atom. The molecule has 4 nitrogen and oxygen atoms in total. The SMILES string of the molecule is CCCCc1ccc(-n2nncc2CNCCC)cc1. The molecule has 0 saturated carbocycles. The van der Waals surface area contributed by atoms with E-state index in [9.17, 15) is 0 Å². The lowest BCUT2D eigenvalue weighted by atomic mass is 10.1. The van der Waals surface area contributed by atoms with Crippen LogP contribution < -0.4 is 5.32 Å². The number of nitrogens with one attached hydrogen (secondary N) is 1. The predicted molar refractivity (Wildman–Crippen MR) is 82.0 cm³/mol. The van der Waals surface area contributed by atoms with Crippen molar-refractivity contribution in [2.45, 2.75) is 46.1 Å². The summed E-state index contributed by atoms with van der Waals surface area (Å²) in [5, 5.41) is 11.6. The van der Waals surface area contributed by atoms with Gasteiger partial charge >= 0.3 is 0 Å². The fourth-order valence-electron chi connectivity index (χ4n) is 2.17. The van der Waals surface area contributed by atoms with Crippen LogP contribution in [0.1, 0.15) is 44.4 Å². The van der Waals surface area contributed by atoms with E-state index in [1.165, 1.54) is 18.4 Å². The highest BCUT2D eigenvalue weighted by Gasteiger charge is 2.05. The average molecular weight is 272 g/mol. The molecule has 1 aromatic heterocycles.